The molecule has 4 N–H and O–H groups in total. The maximum absolute atomic E-state index is 14.7. The number of nitrogens with zero attached hydrogens (tertiary/aromatic N) is 4. The van der Waals surface area contributed by atoms with Crippen LogP contribution in [0.4, 0.5) is 26.5 Å². The number of halogens is 1. The second-order valence-electron chi connectivity index (χ2n) is 6.24. The number of amides is 1. The Bertz CT molecular complexity index is 1020. The second-order valence-corrected chi connectivity index (χ2v) is 7.01. The maximum Gasteiger partial charge on any atom is 0.414 e. The lowest BCUT2D eigenvalue weighted by Gasteiger charge is -2.14. The van der Waals surface area contributed by atoms with Crippen molar-refractivity contribution in [3.05, 3.63) is 48.5 Å². The first-order valence-corrected chi connectivity index (χ1v) is 9.84. The summed E-state index contributed by atoms with van der Waals surface area (Å²) in [5, 5.41) is 13.0. The van der Waals surface area contributed by atoms with Gasteiger partial charge in [0, 0.05) is 17.3 Å². The summed E-state index contributed by atoms with van der Waals surface area (Å²) in [6, 6.07) is 7.75. The molecule has 0 aliphatic carbocycles. The highest BCUT2D eigenvalue weighted by Crippen LogP contribution is 2.31. The zero-order valence-electron chi connectivity index (χ0n) is 15.3. The molecule has 1 amide bonds. The Kier molecular flexibility index (Phi) is 5.81. The molecular weight excluding hydrogens is 418 g/mol. The molecule has 11 nitrogen and oxygen atoms in total. The van der Waals surface area contributed by atoms with Crippen LogP contribution in [0.25, 0.3) is 11.1 Å². The summed E-state index contributed by atoms with van der Waals surface area (Å²) in [5.74, 6) is 0.488. The van der Waals surface area contributed by atoms with Crippen molar-refractivity contribution in [1.82, 2.24) is 20.4 Å². The van der Waals surface area contributed by atoms with Crippen molar-refractivity contribution in [2.45, 2.75) is 6.10 Å². The summed E-state index contributed by atoms with van der Waals surface area (Å²) in [5.41, 5.74) is 1.19. The van der Waals surface area contributed by atoms with Crippen LogP contribution in [0.15, 0.2) is 42.7 Å². The van der Waals surface area contributed by atoms with Gasteiger partial charge in [-0.05, 0) is 30.3 Å². The summed E-state index contributed by atoms with van der Waals surface area (Å²) < 4.78 is 24.5. The van der Waals surface area contributed by atoms with Gasteiger partial charge >= 0.3 is 14.7 Å². The van der Waals surface area contributed by atoms with E-state index >= 15 is 0 Å². The number of nitrogens with one attached hydrogen (secondary N) is 2. The normalized spacial score (nSPS) is 16.2. The predicted octanol–water partition coefficient (Wildman–Crippen LogP) is 2.30. The Labute approximate surface area is 170 Å². The molecule has 1 aromatic carbocycles. The van der Waals surface area contributed by atoms with Crippen LogP contribution in [-0.4, -0.2) is 55.5 Å². The largest absolute Gasteiger partial charge is 0.441 e. The first-order chi connectivity index (χ1) is 14.5. The Hall–Kier alpha value is -3.18. The van der Waals surface area contributed by atoms with Crippen LogP contribution in [0, 0.1) is 5.82 Å². The van der Waals surface area contributed by atoms with E-state index in [-0.39, 0.29) is 13.2 Å². The molecule has 0 saturated carbocycles. The van der Waals surface area contributed by atoms with E-state index in [2.05, 4.69) is 30.2 Å². The van der Waals surface area contributed by atoms with Crippen molar-refractivity contribution in [2.24, 2.45) is 0 Å². The summed E-state index contributed by atoms with van der Waals surface area (Å²) in [4.78, 5) is 35.1. The zero-order chi connectivity index (χ0) is 21.1. The van der Waals surface area contributed by atoms with Crippen molar-refractivity contribution < 1.29 is 28.2 Å². The van der Waals surface area contributed by atoms with Gasteiger partial charge in [0.2, 0.25) is 0 Å². The molecule has 4 rings (SSSR count). The van der Waals surface area contributed by atoms with Gasteiger partial charge in [-0.1, -0.05) is 0 Å². The average molecular weight is 434 g/mol. The Balaban J connectivity index is 1.46. The fourth-order valence-electron chi connectivity index (χ4n) is 2.90. The number of benzene rings is 1. The summed E-state index contributed by atoms with van der Waals surface area (Å²) in [6.45, 7) is -0.0628. The quantitative estimate of drug-likeness (QED) is 0.412. The summed E-state index contributed by atoms with van der Waals surface area (Å²) in [7, 11) is -2.54. The van der Waals surface area contributed by atoms with Crippen molar-refractivity contribution in [2.75, 3.05) is 23.4 Å². The molecule has 30 heavy (non-hydrogen) atoms. The van der Waals surface area contributed by atoms with Gasteiger partial charge in [-0.15, -0.1) is 5.10 Å². The number of carbonyl (C=O) groups is 1. The Morgan fingerprint density at radius 1 is 1.30 bits per heavy atom. The molecule has 3 aromatic rings. The molecule has 13 heteroatoms. The third-order valence-electron chi connectivity index (χ3n) is 4.26. The third-order valence-corrected chi connectivity index (χ3v) is 4.64. The molecule has 0 unspecified atom stereocenters. The SMILES string of the molecule is O=C1O[C@@H](COP(O)O)CN1c1ccc(-c2ccc(Nc3cn[nH]n3)nc2)c(F)c1. The smallest absolute Gasteiger partial charge is 0.414 e. The first-order valence-electron chi connectivity index (χ1n) is 8.67. The van der Waals surface area contributed by atoms with Crippen LogP contribution in [0.5, 0.6) is 0 Å². The number of cyclic esters (lactones) is 1. The van der Waals surface area contributed by atoms with E-state index in [9.17, 15) is 9.18 Å². The molecule has 0 radical (unpaired) electrons. The number of aromatic nitrogens is 4. The van der Waals surface area contributed by atoms with Crippen molar-refractivity contribution in [3.63, 3.8) is 0 Å². The fraction of sp³-hybridized carbons (Fsp3) is 0.176. The molecule has 0 bridgehead atoms. The van der Waals surface area contributed by atoms with Crippen LogP contribution < -0.4 is 10.2 Å². The van der Waals surface area contributed by atoms with Crippen molar-refractivity contribution in [1.29, 1.82) is 0 Å². The molecule has 156 valence electrons. The molecular formula is C17H16FN6O5P. The monoisotopic (exact) mass is 434 g/mol. The topological polar surface area (TPSA) is 146 Å². The number of carbonyl (C=O) groups excluding carboxylic acids is 1. The van der Waals surface area contributed by atoms with Crippen molar-refractivity contribution in [3.8, 4) is 11.1 Å². The highest BCUT2D eigenvalue weighted by Gasteiger charge is 2.33. The van der Waals surface area contributed by atoms with Crippen LogP contribution >= 0.6 is 8.60 Å². The number of pyridine rings is 1. The minimum atomic E-state index is -2.54. The minimum Gasteiger partial charge on any atom is -0.441 e. The molecule has 1 fully saturated rings. The van der Waals surface area contributed by atoms with Gasteiger partial charge in [0.1, 0.15) is 17.7 Å². The molecule has 3 heterocycles. The van der Waals surface area contributed by atoms with Gasteiger partial charge in [0.15, 0.2) is 5.82 Å². The van der Waals surface area contributed by atoms with Gasteiger partial charge in [0.05, 0.1) is 25.0 Å². The summed E-state index contributed by atoms with van der Waals surface area (Å²) in [6.07, 6.45) is 1.67. The Morgan fingerprint density at radius 3 is 2.83 bits per heavy atom. The van der Waals surface area contributed by atoms with E-state index in [0.717, 1.165) is 0 Å². The van der Waals surface area contributed by atoms with Crippen molar-refractivity contribution >= 4 is 32.0 Å². The third kappa shape index (κ3) is 4.52. The summed E-state index contributed by atoms with van der Waals surface area (Å²) >= 11 is 0. The first kappa shape index (κ1) is 20.1. The zero-order valence-corrected chi connectivity index (χ0v) is 16.2. The van der Waals surface area contributed by atoms with Gasteiger partial charge in [-0.25, -0.2) is 14.2 Å². The number of hydrogen-bond acceptors (Lipinski definition) is 9. The van der Waals surface area contributed by atoms with E-state index in [1.165, 1.54) is 23.4 Å². The van der Waals surface area contributed by atoms with Crippen LogP contribution in [0.2, 0.25) is 0 Å². The minimum absolute atomic E-state index is 0.102. The van der Waals surface area contributed by atoms with E-state index in [1.54, 1.807) is 24.3 Å². The number of rotatable bonds is 7. The molecule has 2 aromatic heterocycles. The molecule has 1 atom stereocenters. The molecule has 1 aliphatic rings. The lowest BCUT2D eigenvalue weighted by molar-refractivity contribution is 0.0987. The second kappa shape index (κ2) is 8.67. The molecule has 1 aliphatic heterocycles. The van der Waals surface area contributed by atoms with Crippen LogP contribution in [0.3, 0.4) is 0 Å². The van der Waals surface area contributed by atoms with E-state index in [4.69, 9.17) is 14.5 Å². The highest BCUT2D eigenvalue weighted by molar-refractivity contribution is 7.39. The number of ether oxygens (including phenoxy) is 1. The molecule has 1 saturated heterocycles. The van der Waals surface area contributed by atoms with Gasteiger partial charge in [0.25, 0.3) is 0 Å². The van der Waals surface area contributed by atoms with Crippen LogP contribution in [0.1, 0.15) is 0 Å². The lowest BCUT2D eigenvalue weighted by atomic mass is 10.1. The van der Waals surface area contributed by atoms with E-state index in [0.29, 0.717) is 28.5 Å². The number of anilines is 3. The highest BCUT2D eigenvalue weighted by atomic mass is 31.2. The standard InChI is InChI=1S/C17H16FN6O5P/c18-14-5-11(24-8-12(29-17(24)25)9-28-30(26)27)2-3-13(14)10-1-4-15(19-6-10)21-16-7-20-23-22-16/h1-7,12,26-27H,8-9H2,(H2,19,20,21,22,23)/t12-/m1/s1. The molecule has 0 spiro atoms. The predicted molar refractivity (Wildman–Crippen MR) is 104 cm³/mol. The number of H-pyrrole nitrogens is 1. The van der Waals surface area contributed by atoms with Gasteiger partial charge < -0.3 is 24.4 Å². The maximum atomic E-state index is 14.7. The lowest BCUT2D eigenvalue weighted by Crippen LogP contribution is -2.25. The van der Waals surface area contributed by atoms with Gasteiger partial charge in [-0.3, -0.25) is 4.90 Å². The average Bonchev–Trinajstić information content (AvgIpc) is 3.36. The van der Waals surface area contributed by atoms with Crippen LogP contribution in [-0.2, 0) is 9.26 Å². The van der Waals surface area contributed by atoms with E-state index in [1.807, 2.05) is 0 Å². The Morgan fingerprint density at radius 2 is 2.17 bits per heavy atom. The fourth-order valence-corrected chi connectivity index (χ4v) is 3.19. The number of aromatic amines is 1. The van der Waals surface area contributed by atoms with E-state index < -0.39 is 26.6 Å². The van der Waals surface area contributed by atoms with Gasteiger partial charge in [-0.2, -0.15) is 10.3 Å². The number of hydrogen-bond donors (Lipinski definition) is 4.